The molecule has 2 N–H and O–H groups in total. The molecule has 2 aromatic rings. The van der Waals surface area contributed by atoms with Crippen LogP contribution >= 0.6 is 0 Å². The Morgan fingerprint density at radius 3 is 2.54 bits per heavy atom. The number of carbonyl (C=O) groups is 2. The van der Waals surface area contributed by atoms with E-state index >= 15 is 0 Å². The van der Waals surface area contributed by atoms with E-state index in [9.17, 15) is 24.8 Å². The summed E-state index contributed by atoms with van der Waals surface area (Å²) in [5, 5.41) is 23.2. The van der Waals surface area contributed by atoms with Crippen molar-refractivity contribution in [3.8, 4) is 5.75 Å². The molecule has 1 unspecified atom stereocenters. The van der Waals surface area contributed by atoms with Crippen LogP contribution < -0.4 is 10.1 Å². The predicted octanol–water partition coefficient (Wildman–Crippen LogP) is 2.30. The summed E-state index contributed by atoms with van der Waals surface area (Å²) < 4.78 is 5.19. The second-order valence-corrected chi connectivity index (χ2v) is 6.50. The average Bonchev–Trinajstić information content (AvgIpc) is 2.66. The van der Waals surface area contributed by atoms with Gasteiger partial charge in [0.2, 0.25) is 5.91 Å². The van der Waals surface area contributed by atoms with Crippen molar-refractivity contribution in [2.75, 3.05) is 20.3 Å². The van der Waals surface area contributed by atoms with Gasteiger partial charge in [-0.3, -0.25) is 9.59 Å². The number of nitrogens with zero attached hydrogens (tertiary/aromatic N) is 1. The van der Waals surface area contributed by atoms with Crippen molar-refractivity contribution in [1.82, 2.24) is 5.32 Å². The molecule has 9 heteroatoms. The standard InChI is InChI=1S/C19H22N2O7/c1-19(18(23)24,12-17(22)20-8-3-9-28-21(25)26)15-6-4-14-11-16(27-2)7-5-13(14)10-15/h4-7,10-11H,3,8-9,12H2,1-2H3,(H,20,22)(H,23,24). The molecule has 0 saturated heterocycles. The highest BCUT2D eigenvalue weighted by Crippen LogP contribution is 2.31. The van der Waals surface area contributed by atoms with Crippen LogP contribution in [0.1, 0.15) is 25.3 Å². The quantitative estimate of drug-likeness (QED) is 0.362. The van der Waals surface area contributed by atoms with E-state index in [0.29, 0.717) is 11.3 Å². The molecule has 28 heavy (non-hydrogen) atoms. The average molecular weight is 390 g/mol. The van der Waals surface area contributed by atoms with Crippen molar-refractivity contribution >= 4 is 22.6 Å². The Kier molecular flexibility index (Phi) is 6.75. The van der Waals surface area contributed by atoms with Crippen molar-refractivity contribution < 1.29 is 29.4 Å². The molecule has 9 nitrogen and oxygen atoms in total. The number of aliphatic carboxylic acids is 1. The normalized spacial score (nSPS) is 12.8. The second-order valence-electron chi connectivity index (χ2n) is 6.50. The lowest BCUT2D eigenvalue weighted by molar-refractivity contribution is -0.757. The van der Waals surface area contributed by atoms with Gasteiger partial charge in [0.15, 0.2) is 0 Å². The Hall–Kier alpha value is -3.36. The zero-order valence-electron chi connectivity index (χ0n) is 15.6. The van der Waals surface area contributed by atoms with Crippen molar-refractivity contribution in [3.05, 3.63) is 52.1 Å². The van der Waals surface area contributed by atoms with E-state index in [1.165, 1.54) is 6.92 Å². The highest BCUT2D eigenvalue weighted by Gasteiger charge is 2.37. The maximum Gasteiger partial charge on any atom is 0.314 e. The molecule has 0 aliphatic carbocycles. The van der Waals surface area contributed by atoms with Crippen molar-refractivity contribution in [2.45, 2.75) is 25.2 Å². The molecular weight excluding hydrogens is 368 g/mol. The summed E-state index contributed by atoms with van der Waals surface area (Å²) >= 11 is 0. The molecule has 1 amide bonds. The molecule has 2 aromatic carbocycles. The van der Waals surface area contributed by atoms with Gasteiger partial charge in [-0.2, -0.15) is 0 Å². The third kappa shape index (κ3) is 5.09. The SMILES string of the molecule is COc1ccc2cc(C(C)(CC(=O)NCCCO[N+](=O)[O-])C(=O)O)ccc2c1. The molecule has 0 aromatic heterocycles. The lowest BCUT2D eigenvalue weighted by Gasteiger charge is -2.25. The number of nitrogens with one attached hydrogen (secondary N) is 1. The summed E-state index contributed by atoms with van der Waals surface area (Å²) in [6.45, 7) is 1.51. The van der Waals surface area contributed by atoms with Crippen LogP contribution in [0.5, 0.6) is 5.75 Å². The molecule has 0 fully saturated rings. The van der Waals surface area contributed by atoms with Crippen LogP contribution in [0.4, 0.5) is 0 Å². The van der Waals surface area contributed by atoms with Gasteiger partial charge in [-0.15, -0.1) is 10.1 Å². The molecule has 0 saturated carbocycles. The third-order valence-corrected chi connectivity index (χ3v) is 4.51. The number of carbonyl (C=O) groups excluding carboxylic acids is 1. The van der Waals surface area contributed by atoms with Gasteiger partial charge in [-0.1, -0.05) is 18.2 Å². The van der Waals surface area contributed by atoms with Crippen LogP contribution in [0.3, 0.4) is 0 Å². The van der Waals surface area contributed by atoms with Crippen LogP contribution in [0.2, 0.25) is 0 Å². The zero-order chi connectivity index (χ0) is 20.7. The molecule has 150 valence electrons. The summed E-state index contributed by atoms with van der Waals surface area (Å²) in [7, 11) is 1.57. The molecule has 1 atom stereocenters. The Balaban J connectivity index is 2.12. The van der Waals surface area contributed by atoms with Crippen LogP contribution in [0, 0.1) is 10.1 Å². The van der Waals surface area contributed by atoms with Crippen LogP contribution in [-0.2, 0) is 19.8 Å². The Morgan fingerprint density at radius 2 is 1.89 bits per heavy atom. The number of rotatable bonds is 10. The minimum absolute atomic E-state index is 0.141. The van der Waals surface area contributed by atoms with E-state index in [-0.39, 0.29) is 26.0 Å². The molecule has 0 spiro atoms. The topological polar surface area (TPSA) is 128 Å². The van der Waals surface area contributed by atoms with Gasteiger partial charge in [0, 0.05) is 13.0 Å². The Labute approximate surface area is 161 Å². The van der Waals surface area contributed by atoms with E-state index in [2.05, 4.69) is 10.2 Å². The zero-order valence-corrected chi connectivity index (χ0v) is 15.6. The summed E-state index contributed by atoms with van der Waals surface area (Å²) in [6, 6.07) is 10.7. The number of ether oxygens (including phenoxy) is 1. The number of amides is 1. The lowest BCUT2D eigenvalue weighted by Crippen LogP contribution is -2.39. The maximum absolute atomic E-state index is 12.2. The maximum atomic E-state index is 12.2. The van der Waals surface area contributed by atoms with Crippen molar-refractivity contribution in [1.29, 1.82) is 0 Å². The van der Waals surface area contributed by atoms with Gasteiger partial charge in [0.25, 0.3) is 5.09 Å². The first-order chi connectivity index (χ1) is 13.3. The van der Waals surface area contributed by atoms with E-state index in [4.69, 9.17) is 4.74 Å². The lowest BCUT2D eigenvalue weighted by atomic mass is 9.78. The highest BCUT2D eigenvalue weighted by molar-refractivity contribution is 5.91. The second kappa shape index (κ2) is 9.03. The minimum atomic E-state index is -1.42. The number of hydrogen-bond donors (Lipinski definition) is 2. The van der Waals surface area contributed by atoms with E-state index in [1.54, 1.807) is 31.4 Å². The van der Waals surface area contributed by atoms with Gasteiger partial charge in [0.1, 0.15) is 5.75 Å². The number of benzene rings is 2. The number of methoxy groups -OCH3 is 1. The van der Waals surface area contributed by atoms with Crippen LogP contribution in [0.25, 0.3) is 10.8 Å². The molecule has 0 bridgehead atoms. The Bertz CT molecular complexity index is 884. The Morgan fingerprint density at radius 1 is 1.21 bits per heavy atom. The molecule has 0 radical (unpaired) electrons. The number of carboxylic acid groups (broad SMARTS) is 1. The number of fused-ring (bicyclic) bond motifs is 1. The largest absolute Gasteiger partial charge is 0.497 e. The predicted molar refractivity (Wildman–Crippen MR) is 101 cm³/mol. The van der Waals surface area contributed by atoms with E-state index in [1.807, 2.05) is 12.1 Å². The molecular formula is C19H22N2O7. The first-order valence-corrected chi connectivity index (χ1v) is 8.62. The number of carboxylic acids is 1. The fourth-order valence-corrected chi connectivity index (χ4v) is 2.82. The van der Waals surface area contributed by atoms with E-state index in [0.717, 1.165) is 10.8 Å². The van der Waals surface area contributed by atoms with Crippen LogP contribution in [-0.4, -0.2) is 42.3 Å². The van der Waals surface area contributed by atoms with Gasteiger partial charge in [0.05, 0.1) is 19.1 Å². The molecule has 0 aliphatic heterocycles. The summed E-state index contributed by atoms with van der Waals surface area (Å²) in [5.41, 5.74) is -0.917. The summed E-state index contributed by atoms with van der Waals surface area (Å²) in [5.74, 6) is -0.880. The summed E-state index contributed by atoms with van der Waals surface area (Å²) in [6.07, 6.45) is -0.0194. The first kappa shape index (κ1) is 20.9. The van der Waals surface area contributed by atoms with Gasteiger partial charge in [-0.05, 0) is 47.9 Å². The minimum Gasteiger partial charge on any atom is -0.497 e. The fourth-order valence-electron chi connectivity index (χ4n) is 2.82. The first-order valence-electron chi connectivity index (χ1n) is 8.62. The van der Waals surface area contributed by atoms with Gasteiger partial charge >= 0.3 is 5.97 Å². The van der Waals surface area contributed by atoms with Crippen molar-refractivity contribution in [3.63, 3.8) is 0 Å². The van der Waals surface area contributed by atoms with E-state index < -0.39 is 22.4 Å². The van der Waals surface area contributed by atoms with Crippen LogP contribution in [0.15, 0.2) is 36.4 Å². The molecule has 0 aliphatic rings. The number of hydrogen-bond acceptors (Lipinski definition) is 6. The highest BCUT2D eigenvalue weighted by atomic mass is 16.9. The van der Waals surface area contributed by atoms with Gasteiger partial charge < -0.3 is 20.0 Å². The summed E-state index contributed by atoms with van der Waals surface area (Å²) in [4.78, 5) is 38.4. The molecule has 0 heterocycles. The monoisotopic (exact) mass is 390 g/mol. The fraction of sp³-hybridized carbons (Fsp3) is 0.368. The third-order valence-electron chi connectivity index (χ3n) is 4.51. The van der Waals surface area contributed by atoms with Crippen molar-refractivity contribution in [2.24, 2.45) is 0 Å². The smallest absolute Gasteiger partial charge is 0.314 e. The van der Waals surface area contributed by atoms with Gasteiger partial charge in [-0.25, -0.2) is 0 Å². The molecule has 2 rings (SSSR count).